The Hall–Kier alpha value is -11.4. The van der Waals surface area contributed by atoms with Gasteiger partial charge in [-0.25, -0.2) is 19.2 Å². The number of hydrogen-bond acceptors (Lipinski definition) is 30. The molecule has 14 aliphatic rings. The summed E-state index contributed by atoms with van der Waals surface area (Å²) >= 11 is 2.93. The lowest BCUT2D eigenvalue weighted by atomic mass is 9.71. The number of rotatable bonds is 10. The molecule has 14 aliphatic heterocycles. The second-order valence-electron chi connectivity index (χ2n) is 33.2. The summed E-state index contributed by atoms with van der Waals surface area (Å²) in [5, 5.41) is 75.8. The number of methoxy groups -OCH3 is 4. The van der Waals surface area contributed by atoms with Gasteiger partial charge in [-0.2, -0.15) is 5.26 Å². The highest BCUT2D eigenvalue weighted by Crippen LogP contribution is 2.68. The van der Waals surface area contributed by atoms with Gasteiger partial charge in [0.25, 0.3) is 0 Å². The number of phenols is 4. The number of thioether (sulfide) groups is 2. The van der Waals surface area contributed by atoms with E-state index in [1.807, 2.05) is 119 Å². The van der Waals surface area contributed by atoms with Gasteiger partial charge in [0, 0.05) is 99.4 Å². The first-order valence-corrected chi connectivity index (χ1v) is 43.1. The summed E-state index contributed by atoms with van der Waals surface area (Å²) in [6, 6.07) is 27.0. The minimum absolute atomic E-state index is 0. The molecular formula is C95H101N7O21S2. The lowest BCUT2D eigenvalue weighted by Gasteiger charge is -2.62. The summed E-state index contributed by atoms with van der Waals surface area (Å²) in [7, 11) is 9.95. The number of hydrogen-bond donors (Lipinski definition) is 7. The maximum atomic E-state index is 14.9. The molecule has 8 aromatic carbocycles. The Kier molecular flexibility index (Phi) is 22.8. The van der Waals surface area contributed by atoms with Crippen molar-refractivity contribution in [1.82, 2.24) is 30.2 Å². The molecule has 2 unspecified atom stereocenters. The lowest BCUT2D eigenvalue weighted by Crippen LogP contribution is -2.70. The number of ether oxygens (including phenoxy) is 12. The molecule has 0 radical (unpaired) electrons. The Morgan fingerprint density at radius 1 is 0.528 bits per heavy atom. The Balaban J connectivity index is 0.000000174. The number of benzene rings is 8. The van der Waals surface area contributed by atoms with Gasteiger partial charge in [-0.1, -0.05) is 87.6 Å². The summed E-state index contributed by atoms with van der Waals surface area (Å²) in [4.78, 5) is 66.3. The molecule has 14 heterocycles. The Bertz CT molecular complexity index is 5830. The Labute approximate surface area is 732 Å². The Morgan fingerprint density at radius 3 is 1.38 bits per heavy atom. The maximum absolute atomic E-state index is 14.9. The number of nitrogens with one attached hydrogen (secondary N) is 2. The summed E-state index contributed by atoms with van der Waals surface area (Å²) in [5.74, 6) is 1.42. The highest BCUT2D eigenvalue weighted by molar-refractivity contribution is 7.99. The van der Waals surface area contributed by atoms with Gasteiger partial charge < -0.3 is 82.4 Å². The summed E-state index contributed by atoms with van der Waals surface area (Å²) in [5.41, 5.74) is 10.1. The number of likely N-dealkylation sites (N-methyl/N-ethyl adjacent to an activating group) is 2. The number of carbonyl (C=O) groups excluding carboxylic acids is 4. The number of piperazine rings is 2. The Morgan fingerprint density at radius 2 is 0.944 bits per heavy atom. The van der Waals surface area contributed by atoms with Crippen LogP contribution in [0.2, 0.25) is 0 Å². The molecule has 2 spiro atoms. The van der Waals surface area contributed by atoms with E-state index >= 15 is 0 Å². The first-order valence-electron chi connectivity index (χ1n) is 41.0. The molecule has 0 amide bonds. The molecule has 0 aliphatic carbocycles. The van der Waals surface area contributed by atoms with Crippen molar-refractivity contribution in [1.29, 1.82) is 5.26 Å². The number of aliphatic hydroxyl groups is 1. The van der Waals surface area contributed by atoms with Crippen molar-refractivity contribution in [2.75, 3.05) is 93.9 Å². The van der Waals surface area contributed by atoms with Crippen LogP contribution in [0.5, 0.6) is 80.5 Å². The standard InChI is InChI=1S/C47H46N4O10S.C46H47N3O11S.2CH4/c1-23-15-27-16-29-30(19-48)51-31-20-58-46(55)47(28-18-33(56-4)32(52)17-26(28)13-14-49-47)21-62-45(39(51)38(50(29)3)35(27)40(54)41(23)57-5)37-36(31)44-43(59-22-60-44)24(2)42(37)61-34(53)12-11-25-9-7-6-8-10-25;1-22-15-26-16-28-44(53)49-29-19-57-45(54)46(27-18-31(55-4)30(50)17-25(27)13-14-47-46)20-61-43(37(49)36(48(28)3)33(26)38(52)39(22)56-5)35-34(29)42-41(58-21-59-42)23(2)40(35)60-32(51)12-11-24-9-7-6-8-10-24;;/h6-12,15,17-18,29-31,38-39,45,49,52,54H,13-14,16,20-22H2,1-5H3;6-12,15,17-18,28-29,36-37,43-44,47,50,52-53H,13-14,16,19-21H2,1-5H3;2*1H4/b2*12-11+;;/t29-,30-,31-,38+,39?,45+,47+;28-,29-,36+,37?,43+,44-,46+;;/m00../s1. The van der Waals surface area contributed by atoms with Crippen LogP contribution in [0, 0.1) is 39.0 Å². The quantitative estimate of drug-likeness (QED) is 0.0380. The van der Waals surface area contributed by atoms with Crippen molar-refractivity contribution in [2.24, 2.45) is 0 Å². The van der Waals surface area contributed by atoms with Crippen LogP contribution in [0.3, 0.4) is 0 Å². The van der Waals surface area contributed by atoms with E-state index in [-0.39, 0.29) is 99.4 Å². The van der Waals surface area contributed by atoms with Gasteiger partial charge in [0.05, 0.1) is 75.2 Å². The average molecular weight is 1740 g/mol. The molecule has 125 heavy (non-hydrogen) atoms. The van der Waals surface area contributed by atoms with E-state index in [0.717, 1.165) is 44.5 Å². The molecule has 4 fully saturated rings. The van der Waals surface area contributed by atoms with Crippen LogP contribution in [0.25, 0.3) is 12.2 Å². The number of phenolic OH excluding ortho intramolecular Hbond substituents is 4. The topological polar surface area (TPSA) is 341 Å². The van der Waals surface area contributed by atoms with Crippen LogP contribution in [-0.4, -0.2) is 199 Å². The van der Waals surface area contributed by atoms with Crippen molar-refractivity contribution < 1.29 is 102 Å². The van der Waals surface area contributed by atoms with Gasteiger partial charge in [0.2, 0.25) is 13.6 Å². The number of nitrogens with zero attached hydrogens (tertiary/aromatic N) is 5. The SMILES string of the molecule is C.C.COc1cc2c(cc1O)CCN[C@]21CS[C@@H]2c3c(OC(=O)/C=C/c4ccccc4)c(C)c4c(c3[C@H](COC1=O)N1C2[C@H]2c3c(cc(C)c(OC)c3O)C[C@@H]([C@@H]1C#N)N2C)OCO4.COc1cc2c(cc1O)CCN[C@]21CS[C@@H]2c3c(OC(=O)/C=C/c4ccccc4)c(C)c4c(c3[C@H](COC1=O)N1C2[C@H]2c3c(cc(C)c(OC)c3O)C[C@@H]([C@@H]1O)N2C)OCO4. The fourth-order valence-corrected chi connectivity index (χ4v) is 25.0. The van der Waals surface area contributed by atoms with E-state index in [1.165, 1.54) is 64.1 Å². The normalized spacial score (nSPS) is 26.8. The lowest BCUT2D eigenvalue weighted by molar-refractivity contribution is -0.186. The largest absolute Gasteiger partial charge is 0.504 e. The van der Waals surface area contributed by atoms with E-state index in [9.17, 15) is 50.0 Å². The van der Waals surface area contributed by atoms with Gasteiger partial charge in [-0.05, 0) is 160 Å². The number of nitriles is 1. The molecule has 30 heteroatoms. The van der Waals surface area contributed by atoms with Gasteiger partial charge in [0.1, 0.15) is 37.0 Å². The molecule has 0 aromatic heterocycles. The minimum Gasteiger partial charge on any atom is -0.504 e. The molecule has 28 nitrogen and oxygen atoms in total. The average Bonchev–Trinajstić information content (AvgIpc) is 1.43. The molecule has 7 N–H and O–H groups in total. The van der Waals surface area contributed by atoms with Gasteiger partial charge in [-0.3, -0.25) is 30.2 Å². The van der Waals surface area contributed by atoms with Crippen molar-refractivity contribution in [3.8, 4) is 86.6 Å². The molecule has 4 saturated heterocycles. The number of aliphatic hydroxyl groups excluding tert-OH is 1. The zero-order valence-electron chi connectivity index (χ0n) is 69.3. The van der Waals surface area contributed by atoms with Crippen molar-refractivity contribution in [3.63, 3.8) is 0 Å². The van der Waals surface area contributed by atoms with E-state index < -0.39 is 100 Å². The maximum Gasteiger partial charge on any atom is 0.336 e. The van der Waals surface area contributed by atoms with E-state index in [2.05, 4.69) is 31.4 Å². The van der Waals surface area contributed by atoms with Crippen LogP contribution in [0.1, 0.15) is 150 Å². The van der Waals surface area contributed by atoms with E-state index in [1.54, 1.807) is 36.4 Å². The first-order chi connectivity index (χ1) is 59.5. The van der Waals surface area contributed by atoms with Gasteiger partial charge in [-0.15, -0.1) is 23.5 Å². The predicted octanol–water partition coefficient (Wildman–Crippen LogP) is 12.1. The molecule has 8 aromatic rings. The molecule has 22 rings (SSSR count). The zero-order valence-corrected chi connectivity index (χ0v) is 70.9. The van der Waals surface area contributed by atoms with E-state index in [4.69, 9.17) is 56.8 Å². The third-order valence-electron chi connectivity index (χ3n) is 27.0. The number of fused-ring (bicyclic) bond motifs is 18. The van der Waals surface area contributed by atoms with Crippen molar-refractivity contribution >= 4 is 59.6 Å². The van der Waals surface area contributed by atoms with Crippen molar-refractivity contribution in [2.45, 2.75) is 150 Å². The summed E-state index contributed by atoms with van der Waals surface area (Å²) < 4.78 is 73.4. The third kappa shape index (κ3) is 13.4. The molecule has 654 valence electrons. The van der Waals surface area contributed by atoms with Crippen molar-refractivity contribution in [3.05, 3.63) is 209 Å². The molecule has 14 atom stereocenters. The molecular weight excluding hydrogens is 1640 g/mol. The highest BCUT2D eigenvalue weighted by Gasteiger charge is 2.65. The van der Waals surface area contributed by atoms with Crippen LogP contribution in [0.4, 0.5) is 0 Å². The predicted molar refractivity (Wildman–Crippen MR) is 466 cm³/mol. The minimum atomic E-state index is -1.40. The fraction of sp³-hybridized carbons (Fsp3) is 0.400. The number of aryl methyl sites for hydroxylation is 2. The van der Waals surface area contributed by atoms with Crippen LogP contribution in [-0.2, 0) is 65.4 Å². The van der Waals surface area contributed by atoms with Gasteiger partial charge >= 0.3 is 23.9 Å². The van der Waals surface area contributed by atoms with Gasteiger partial charge in [0.15, 0.2) is 80.1 Å². The molecule has 0 saturated carbocycles. The fourth-order valence-electron chi connectivity index (χ4n) is 21.6. The third-order valence-corrected chi connectivity index (χ3v) is 30.0. The number of carbonyl (C=O) groups is 4. The van der Waals surface area contributed by atoms with Crippen LogP contribution >= 0.6 is 23.5 Å². The number of aromatic hydroxyl groups is 4. The second kappa shape index (κ2) is 33.2. The summed E-state index contributed by atoms with van der Waals surface area (Å²) in [6.07, 6.45) is 7.09. The smallest absolute Gasteiger partial charge is 0.336 e. The summed E-state index contributed by atoms with van der Waals surface area (Å²) in [6.45, 7) is 7.71. The highest BCUT2D eigenvalue weighted by atomic mass is 32.2. The molecule has 8 bridgehead atoms. The monoisotopic (exact) mass is 1740 g/mol. The van der Waals surface area contributed by atoms with E-state index in [0.29, 0.717) is 135 Å². The first kappa shape index (κ1) is 85.8. The van der Waals surface area contributed by atoms with Crippen LogP contribution < -0.4 is 58.0 Å². The zero-order chi connectivity index (χ0) is 85.7. The van der Waals surface area contributed by atoms with Crippen LogP contribution in [0.15, 0.2) is 109 Å². The number of esters is 4. The second-order valence-corrected chi connectivity index (χ2v) is 35.4.